The topological polar surface area (TPSA) is 57.0 Å². The summed E-state index contributed by atoms with van der Waals surface area (Å²) in [5.74, 6) is 0.845. The van der Waals surface area contributed by atoms with Crippen molar-refractivity contribution < 1.29 is 23.7 Å². The Kier molecular flexibility index (Phi) is 2.49. The van der Waals surface area contributed by atoms with Crippen LogP contribution < -0.4 is 9.47 Å². The molecule has 2 fully saturated rings. The van der Waals surface area contributed by atoms with Crippen molar-refractivity contribution in [3.63, 3.8) is 0 Å². The van der Waals surface area contributed by atoms with E-state index in [2.05, 4.69) is 4.90 Å². The maximum Gasteiger partial charge on any atom is 0.231 e. The van der Waals surface area contributed by atoms with E-state index in [-0.39, 0.29) is 24.7 Å². The number of ether oxygens (including phenoxy) is 4. The van der Waals surface area contributed by atoms with E-state index in [0.717, 1.165) is 29.3 Å². The van der Waals surface area contributed by atoms with Gasteiger partial charge in [0.1, 0.15) is 6.10 Å². The minimum atomic E-state index is -0.714. The van der Waals surface area contributed by atoms with Gasteiger partial charge in [0.15, 0.2) is 29.2 Å². The number of carbonyl (C=O) groups excluding carboxylic acids is 1. The fourth-order valence-corrected chi connectivity index (χ4v) is 3.57. The molecule has 1 aliphatic carbocycles. The zero-order valence-electron chi connectivity index (χ0n) is 12.9. The predicted octanol–water partition coefficient (Wildman–Crippen LogP) is 1.76. The standard InChI is InChI=1S/C17H17NO5/c1-17(2)22-15-10(6-12(19)16(15)23-17)18-7-11(18)9-3-4-13-14(5-9)21-8-20-13/h3-6,11,15-16H,7-8H2,1-2H3/t11-,15-,16+,18?/m0/s1. The summed E-state index contributed by atoms with van der Waals surface area (Å²) in [5.41, 5.74) is 2.08. The Hall–Kier alpha value is -2.05. The molecule has 0 radical (unpaired) electrons. The number of benzene rings is 1. The van der Waals surface area contributed by atoms with E-state index in [9.17, 15) is 4.79 Å². The highest BCUT2D eigenvalue weighted by molar-refractivity contribution is 5.98. The first-order valence-corrected chi connectivity index (χ1v) is 7.79. The molecule has 4 aliphatic rings. The number of hydrogen-bond donors (Lipinski definition) is 0. The van der Waals surface area contributed by atoms with E-state index < -0.39 is 11.9 Å². The fourth-order valence-electron chi connectivity index (χ4n) is 3.57. The van der Waals surface area contributed by atoms with Crippen LogP contribution >= 0.6 is 0 Å². The number of carbonyl (C=O) groups is 1. The number of fused-ring (bicyclic) bond motifs is 2. The van der Waals surface area contributed by atoms with Crippen molar-refractivity contribution in [3.05, 3.63) is 35.5 Å². The van der Waals surface area contributed by atoms with Crippen LogP contribution in [0.4, 0.5) is 0 Å². The molecule has 23 heavy (non-hydrogen) atoms. The molecule has 0 N–H and O–H groups in total. The van der Waals surface area contributed by atoms with Crippen LogP contribution in [0.15, 0.2) is 30.0 Å². The molecule has 3 atom stereocenters. The lowest BCUT2D eigenvalue weighted by atomic mass is 10.1. The molecule has 6 heteroatoms. The third-order valence-electron chi connectivity index (χ3n) is 4.68. The SMILES string of the molecule is CC1(C)O[C@@H]2C(=O)C=C(N3C[C@H]3c3ccc4c(c3)OCO4)[C@@H]2O1. The molecular weight excluding hydrogens is 298 g/mol. The summed E-state index contributed by atoms with van der Waals surface area (Å²) in [7, 11) is 0. The third kappa shape index (κ3) is 1.98. The van der Waals surface area contributed by atoms with Gasteiger partial charge in [0.05, 0.1) is 11.7 Å². The average Bonchev–Trinajstić information content (AvgIpc) is 2.88. The lowest BCUT2D eigenvalue weighted by molar-refractivity contribution is -0.153. The normalized spacial score (nSPS) is 33.0. The van der Waals surface area contributed by atoms with Gasteiger partial charge in [-0.3, -0.25) is 4.79 Å². The molecule has 0 aromatic heterocycles. The molecular formula is C17H17NO5. The molecule has 1 aromatic rings. The highest BCUT2D eigenvalue weighted by Gasteiger charge is 2.54. The molecule has 0 spiro atoms. The van der Waals surface area contributed by atoms with Crippen molar-refractivity contribution in [1.82, 2.24) is 4.90 Å². The Bertz CT molecular complexity index is 740. The molecule has 2 saturated heterocycles. The van der Waals surface area contributed by atoms with Crippen LogP contribution in [0.25, 0.3) is 0 Å². The molecule has 0 amide bonds. The maximum absolute atomic E-state index is 12.1. The molecule has 3 heterocycles. The first-order valence-electron chi connectivity index (χ1n) is 7.79. The summed E-state index contributed by atoms with van der Waals surface area (Å²) < 4.78 is 22.4. The van der Waals surface area contributed by atoms with Crippen molar-refractivity contribution in [2.75, 3.05) is 13.3 Å². The van der Waals surface area contributed by atoms with Gasteiger partial charge < -0.3 is 23.8 Å². The molecule has 6 nitrogen and oxygen atoms in total. The Morgan fingerprint density at radius 1 is 1.13 bits per heavy atom. The van der Waals surface area contributed by atoms with Gasteiger partial charge in [-0.1, -0.05) is 6.07 Å². The average molecular weight is 315 g/mol. The molecule has 0 saturated carbocycles. The Morgan fingerprint density at radius 3 is 2.78 bits per heavy atom. The Morgan fingerprint density at radius 2 is 1.91 bits per heavy atom. The van der Waals surface area contributed by atoms with E-state index in [1.165, 1.54) is 0 Å². The molecule has 5 rings (SSSR count). The Labute approximate surface area is 133 Å². The van der Waals surface area contributed by atoms with E-state index in [0.29, 0.717) is 0 Å². The van der Waals surface area contributed by atoms with Crippen LogP contribution in [-0.2, 0) is 14.3 Å². The molecule has 1 aromatic carbocycles. The van der Waals surface area contributed by atoms with E-state index in [1.54, 1.807) is 6.08 Å². The van der Waals surface area contributed by atoms with E-state index in [4.69, 9.17) is 18.9 Å². The minimum Gasteiger partial charge on any atom is -0.454 e. The summed E-state index contributed by atoms with van der Waals surface area (Å²) in [4.78, 5) is 14.3. The summed E-state index contributed by atoms with van der Waals surface area (Å²) in [6.45, 7) is 4.82. The van der Waals surface area contributed by atoms with Crippen LogP contribution in [0.5, 0.6) is 11.5 Å². The van der Waals surface area contributed by atoms with Gasteiger partial charge in [0.2, 0.25) is 6.79 Å². The zero-order valence-corrected chi connectivity index (χ0v) is 12.9. The van der Waals surface area contributed by atoms with Crippen LogP contribution in [0, 0.1) is 0 Å². The van der Waals surface area contributed by atoms with Crippen molar-refractivity contribution in [2.24, 2.45) is 0 Å². The van der Waals surface area contributed by atoms with Crippen LogP contribution in [0.3, 0.4) is 0 Å². The van der Waals surface area contributed by atoms with Gasteiger partial charge >= 0.3 is 0 Å². The van der Waals surface area contributed by atoms with Gasteiger partial charge in [-0.2, -0.15) is 0 Å². The summed E-state index contributed by atoms with van der Waals surface area (Å²) in [6.07, 6.45) is 0.867. The van der Waals surface area contributed by atoms with Gasteiger partial charge in [0, 0.05) is 12.6 Å². The van der Waals surface area contributed by atoms with Crippen molar-refractivity contribution >= 4 is 5.78 Å². The van der Waals surface area contributed by atoms with Crippen molar-refractivity contribution in [3.8, 4) is 11.5 Å². The first-order chi connectivity index (χ1) is 11.0. The second-order valence-corrected chi connectivity index (χ2v) is 6.73. The number of nitrogens with zero attached hydrogens (tertiary/aromatic N) is 1. The van der Waals surface area contributed by atoms with Crippen molar-refractivity contribution in [1.29, 1.82) is 0 Å². The number of hydrogen-bond acceptors (Lipinski definition) is 6. The summed E-state index contributed by atoms with van der Waals surface area (Å²) in [5, 5.41) is 0. The molecule has 120 valence electrons. The van der Waals surface area contributed by atoms with Gasteiger partial charge in [-0.05, 0) is 31.5 Å². The van der Waals surface area contributed by atoms with E-state index in [1.807, 2.05) is 32.0 Å². The van der Waals surface area contributed by atoms with Gasteiger partial charge in [0.25, 0.3) is 0 Å². The van der Waals surface area contributed by atoms with Crippen LogP contribution in [0.2, 0.25) is 0 Å². The largest absolute Gasteiger partial charge is 0.454 e. The molecule has 3 aliphatic heterocycles. The third-order valence-corrected chi connectivity index (χ3v) is 4.68. The first kappa shape index (κ1) is 13.4. The van der Waals surface area contributed by atoms with Gasteiger partial charge in [-0.15, -0.1) is 0 Å². The second-order valence-electron chi connectivity index (χ2n) is 6.73. The molecule has 0 bridgehead atoms. The highest BCUT2D eigenvalue weighted by Crippen LogP contribution is 2.47. The zero-order chi connectivity index (χ0) is 15.8. The smallest absolute Gasteiger partial charge is 0.231 e. The van der Waals surface area contributed by atoms with Gasteiger partial charge in [-0.25, -0.2) is 0 Å². The Balaban J connectivity index is 1.39. The summed E-state index contributed by atoms with van der Waals surface area (Å²) >= 11 is 0. The predicted molar refractivity (Wildman–Crippen MR) is 78.9 cm³/mol. The fraction of sp³-hybridized carbons (Fsp3) is 0.471. The van der Waals surface area contributed by atoms with Crippen LogP contribution in [-0.4, -0.2) is 42.0 Å². The van der Waals surface area contributed by atoms with E-state index >= 15 is 0 Å². The van der Waals surface area contributed by atoms with Crippen LogP contribution in [0.1, 0.15) is 25.5 Å². The summed E-state index contributed by atoms with van der Waals surface area (Å²) in [6, 6.07) is 6.24. The number of rotatable bonds is 2. The quantitative estimate of drug-likeness (QED) is 0.775. The molecule has 0 unspecified atom stereocenters. The lowest BCUT2D eigenvalue weighted by Crippen LogP contribution is -2.26. The maximum atomic E-state index is 12.1. The lowest BCUT2D eigenvalue weighted by Gasteiger charge is -2.19. The number of ketones is 1. The minimum absolute atomic E-state index is 0.00749. The second kappa shape index (κ2) is 4.27. The monoisotopic (exact) mass is 315 g/mol. The van der Waals surface area contributed by atoms with Crippen molar-refractivity contribution in [2.45, 2.75) is 37.9 Å². The highest BCUT2D eigenvalue weighted by atomic mass is 16.8.